The number of aromatic nitrogens is 2. The zero-order valence-electron chi connectivity index (χ0n) is 28.0. The Morgan fingerprint density at radius 2 is 1.06 bits per heavy atom. The second-order valence-electron chi connectivity index (χ2n) is 14.1. The van der Waals surface area contributed by atoms with Gasteiger partial charge in [0, 0.05) is 44.6 Å². The minimum absolute atomic E-state index is 0.0919. The predicted octanol–water partition coefficient (Wildman–Crippen LogP) is 10.4. The molecule has 0 N–H and O–H groups in total. The van der Waals surface area contributed by atoms with Crippen LogP contribution in [0.1, 0.15) is 79.0 Å². The molecule has 6 nitrogen and oxygen atoms in total. The monoisotopic (exact) mass is 653 g/mol. The van der Waals surface area contributed by atoms with E-state index in [0.29, 0.717) is 28.7 Å². The summed E-state index contributed by atoms with van der Waals surface area (Å²) in [5.74, 6) is -0.414. The van der Waals surface area contributed by atoms with Crippen LogP contribution in [0.15, 0.2) is 89.7 Å². The lowest BCUT2D eigenvalue weighted by atomic mass is 9.83. The van der Waals surface area contributed by atoms with Crippen LogP contribution < -0.4 is 5.56 Å². The molecule has 2 aromatic heterocycles. The van der Waals surface area contributed by atoms with Crippen molar-refractivity contribution in [3.8, 4) is 0 Å². The van der Waals surface area contributed by atoms with Crippen LogP contribution in [-0.4, -0.2) is 32.6 Å². The summed E-state index contributed by atoms with van der Waals surface area (Å²) in [6, 6.07) is 28.2. The van der Waals surface area contributed by atoms with Gasteiger partial charge in [0.1, 0.15) is 5.65 Å². The average molecular weight is 654 g/mol. The van der Waals surface area contributed by atoms with E-state index in [2.05, 4.69) is 31.2 Å². The van der Waals surface area contributed by atoms with Gasteiger partial charge in [-0.15, -0.1) is 0 Å². The molecule has 7 aromatic carbocycles. The Morgan fingerprint density at radius 3 is 1.74 bits per heavy atom. The summed E-state index contributed by atoms with van der Waals surface area (Å²) in [5, 5.41) is 11.1. The van der Waals surface area contributed by atoms with Crippen molar-refractivity contribution in [2.24, 2.45) is 0 Å². The van der Waals surface area contributed by atoms with E-state index in [9.17, 15) is 14.4 Å². The number of nitrogens with zero attached hydrogens (tertiary/aromatic N) is 3. The average Bonchev–Trinajstić information content (AvgIpc) is 3.14. The highest BCUT2D eigenvalue weighted by atomic mass is 16.2. The van der Waals surface area contributed by atoms with Crippen LogP contribution in [0.2, 0.25) is 0 Å². The molecule has 3 heterocycles. The molecule has 0 aliphatic carbocycles. The number of imide groups is 1. The Hall–Kier alpha value is -5.62. The summed E-state index contributed by atoms with van der Waals surface area (Å²) in [6.45, 7) is 2.67. The molecule has 0 unspecified atom stereocenters. The first-order valence-corrected chi connectivity index (χ1v) is 18.1. The fourth-order valence-corrected chi connectivity index (χ4v) is 8.97. The summed E-state index contributed by atoms with van der Waals surface area (Å²) in [5.41, 5.74) is 3.43. The molecule has 0 saturated heterocycles. The third-order valence-corrected chi connectivity index (χ3v) is 11.3. The van der Waals surface area contributed by atoms with Gasteiger partial charge < -0.3 is 0 Å². The lowest BCUT2D eigenvalue weighted by Crippen LogP contribution is -2.40. The summed E-state index contributed by atoms with van der Waals surface area (Å²) in [7, 11) is 0. The maximum atomic E-state index is 14.4. The van der Waals surface area contributed by atoms with Crippen LogP contribution in [0.25, 0.3) is 81.3 Å². The Kier molecular flexibility index (Phi) is 6.41. The van der Waals surface area contributed by atoms with Crippen LogP contribution in [0.5, 0.6) is 0 Å². The number of rotatable bonds is 9. The number of hydrogen-bond acceptors (Lipinski definition) is 4. The number of amides is 2. The van der Waals surface area contributed by atoms with Gasteiger partial charge in [-0.05, 0) is 80.5 Å². The number of fused-ring (bicyclic) bond motifs is 5. The highest BCUT2D eigenvalue weighted by Gasteiger charge is 2.34. The smallest absolute Gasteiger partial charge is 0.264 e. The highest BCUT2D eigenvalue weighted by Crippen LogP contribution is 2.46. The second-order valence-corrected chi connectivity index (χ2v) is 14.1. The first kappa shape index (κ1) is 29.3. The van der Waals surface area contributed by atoms with Crippen LogP contribution in [0.4, 0.5) is 0 Å². The van der Waals surface area contributed by atoms with Gasteiger partial charge in [-0.1, -0.05) is 100 Å². The van der Waals surface area contributed by atoms with Crippen molar-refractivity contribution in [2.75, 3.05) is 6.54 Å². The molecule has 6 heteroatoms. The summed E-state index contributed by atoms with van der Waals surface area (Å²) < 4.78 is 1.77. The van der Waals surface area contributed by atoms with E-state index < -0.39 is 0 Å². The molecule has 2 amide bonds. The normalized spacial score (nSPS) is 13.7. The van der Waals surface area contributed by atoms with E-state index in [1.165, 1.54) is 37.0 Å². The number of hydrogen-bond donors (Lipinski definition) is 0. The standard InChI is InChI=1S/C44H35N3O3/c1-2-3-4-5-6-7-8-9-24-46-42(48)31-21-17-28-26-16-20-30-39-33(23-19-27(37(26)39)29-18-22-32(43(46)49)40(31)38(28)29)44(50)47-35-15-11-13-25-12-10-14-34(36(25)35)45-41(30)47/h10-23H,2-9,24H2,1H3. The third kappa shape index (κ3) is 3.90. The van der Waals surface area contributed by atoms with Crippen molar-refractivity contribution < 1.29 is 9.59 Å². The third-order valence-electron chi connectivity index (χ3n) is 11.3. The van der Waals surface area contributed by atoms with Gasteiger partial charge in [-0.2, -0.15) is 0 Å². The Labute approximate surface area is 287 Å². The molecule has 0 bridgehead atoms. The van der Waals surface area contributed by atoms with Gasteiger partial charge in [0.05, 0.1) is 11.0 Å². The number of benzene rings is 7. The van der Waals surface area contributed by atoms with Crippen LogP contribution in [0.3, 0.4) is 0 Å². The lowest BCUT2D eigenvalue weighted by molar-refractivity contribution is 0.0608. The molecule has 1 aliphatic rings. The van der Waals surface area contributed by atoms with Crippen molar-refractivity contribution in [3.05, 3.63) is 106 Å². The van der Waals surface area contributed by atoms with Gasteiger partial charge in [-0.3, -0.25) is 23.7 Å². The van der Waals surface area contributed by atoms with Crippen LogP contribution in [0, 0.1) is 0 Å². The van der Waals surface area contributed by atoms with Gasteiger partial charge >= 0.3 is 0 Å². The zero-order chi connectivity index (χ0) is 33.7. The fraction of sp³-hybridized carbons (Fsp3) is 0.227. The van der Waals surface area contributed by atoms with E-state index >= 15 is 0 Å². The minimum Gasteiger partial charge on any atom is -0.274 e. The molecular weight excluding hydrogens is 619 g/mol. The predicted molar refractivity (Wildman–Crippen MR) is 204 cm³/mol. The first-order valence-electron chi connectivity index (χ1n) is 18.1. The van der Waals surface area contributed by atoms with Gasteiger partial charge in [0.2, 0.25) is 0 Å². The molecule has 9 aromatic rings. The molecule has 50 heavy (non-hydrogen) atoms. The van der Waals surface area contributed by atoms with E-state index in [1.54, 1.807) is 4.40 Å². The molecule has 0 atom stereocenters. The number of unbranched alkanes of at least 4 members (excludes halogenated alkanes) is 7. The molecule has 10 rings (SSSR count). The van der Waals surface area contributed by atoms with E-state index in [1.807, 2.05) is 60.7 Å². The van der Waals surface area contributed by atoms with Crippen molar-refractivity contribution in [1.29, 1.82) is 0 Å². The number of carbonyl (C=O) groups is 2. The topological polar surface area (TPSA) is 71.8 Å². The molecular formula is C44H35N3O3. The fourth-order valence-electron chi connectivity index (χ4n) is 8.97. The molecule has 0 saturated carbocycles. The maximum absolute atomic E-state index is 14.4. The van der Waals surface area contributed by atoms with E-state index in [0.717, 1.165) is 89.5 Å². The van der Waals surface area contributed by atoms with Crippen molar-refractivity contribution in [3.63, 3.8) is 0 Å². The number of carbonyl (C=O) groups excluding carboxylic acids is 2. The molecule has 0 spiro atoms. The Balaban J connectivity index is 1.14. The molecule has 1 aliphatic heterocycles. The Bertz CT molecular complexity index is 2860. The lowest BCUT2D eigenvalue weighted by Gasteiger charge is -2.28. The maximum Gasteiger partial charge on any atom is 0.264 e. The quantitative estimate of drug-likeness (QED) is 0.0673. The summed E-state index contributed by atoms with van der Waals surface area (Å²) >= 11 is 0. The van der Waals surface area contributed by atoms with Crippen molar-refractivity contribution in [2.45, 2.75) is 58.3 Å². The molecule has 0 fully saturated rings. The minimum atomic E-state index is -0.207. The summed E-state index contributed by atoms with van der Waals surface area (Å²) in [6.07, 6.45) is 9.24. The summed E-state index contributed by atoms with van der Waals surface area (Å²) in [4.78, 5) is 48.8. The van der Waals surface area contributed by atoms with Gasteiger partial charge in [0.15, 0.2) is 0 Å². The van der Waals surface area contributed by atoms with Gasteiger partial charge in [0.25, 0.3) is 17.4 Å². The number of pyridine rings is 1. The van der Waals surface area contributed by atoms with Crippen molar-refractivity contribution in [1.82, 2.24) is 14.3 Å². The first-order chi connectivity index (χ1) is 24.6. The molecule has 244 valence electrons. The van der Waals surface area contributed by atoms with Crippen molar-refractivity contribution >= 4 is 93.1 Å². The highest BCUT2D eigenvalue weighted by molar-refractivity contribution is 6.41. The van der Waals surface area contributed by atoms with E-state index in [4.69, 9.17) is 4.98 Å². The SMILES string of the molecule is CCCCCCCCCCN1C(=O)c2ccc3c4ccc5c(=O)n6c7cccc8cccc(nc6c6ccc(c9ccc(c2c39)C1=O)c4c56)c87. The van der Waals surface area contributed by atoms with Crippen LogP contribution in [-0.2, 0) is 0 Å². The Morgan fingerprint density at radius 1 is 0.520 bits per heavy atom. The zero-order valence-corrected chi connectivity index (χ0v) is 28.0. The largest absolute Gasteiger partial charge is 0.274 e. The molecule has 0 radical (unpaired) electrons. The van der Waals surface area contributed by atoms with Crippen LogP contribution >= 0.6 is 0 Å². The van der Waals surface area contributed by atoms with E-state index in [-0.39, 0.29) is 17.4 Å². The van der Waals surface area contributed by atoms with Gasteiger partial charge in [-0.25, -0.2) is 4.98 Å². The second kappa shape index (κ2) is 10.9.